The molecular formula is C11H22N4O2S2. The minimum Gasteiger partial charge on any atom is -0.310 e. The first-order chi connectivity index (χ1) is 8.89. The lowest BCUT2D eigenvalue weighted by Gasteiger charge is -2.16. The topological polar surface area (TPSA) is 78.1 Å². The van der Waals surface area contributed by atoms with Crippen molar-refractivity contribution in [1.82, 2.24) is 19.8 Å². The number of thioether (sulfide) groups is 1. The van der Waals surface area contributed by atoms with Crippen molar-refractivity contribution >= 4 is 21.8 Å². The second-order valence-electron chi connectivity index (χ2n) is 4.58. The number of sulfonamides is 1. The molecular weight excluding hydrogens is 284 g/mol. The van der Waals surface area contributed by atoms with Gasteiger partial charge in [0.15, 0.2) is 5.03 Å². The molecule has 0 saturated heterocycles. The Morgan fingerprint density at radius 2 is 2.21 bits per heavy atom. The predicted molar refractivity (Wildman–Crippen MR) is 78.8 cm³/mol. The van der Waals surface area contributed by atoms with Gasteiger partial charge in [0.25, 0.3) is 10.0 Å². The van der Waals surface area contributed by atoms with Gasteiger partial charge in [0, 0.05) is 37.5 Å². The number of hydrogen-bond acceptors (Lipinski definition) is 5. The lowest BCUT2D eigenvalue weighted by molar-refractivity contribution is 0.482. The van der Waals surface area contributed by atoms with Crippen molar-refractivity contribution in [2.24, 2.45) is 0 Å². The number of nitrogens with zero attached hydrogens (tertiary/aromatic N) is 2. The lowest BCUT2D eigenvalue weighted by Crippen LogP contribution is -2.31. The van der Waals surface area contributed by atoms with E-state index in [1.807, 2.05) is 20.1 Å². The minimum atomic E-state index is -3.48. The van der Waals surface area contributed by atoms with Gasteiger partial charge in [0.05, 0.1) is 6.20 Å². The molecule has 0 aliphatic heterocycles. The van der Waals surface area contributed by atoms with E-state index in [0.717, 1.165) is 5.75 Å². The van der Waals surface area contributed by atoms with Gasteiger partial charge in [-0.05, 0) is 6.26 Å². The zero-order valence-electron chi connectivity index (χ0n) is 11.8. The minimum absolute atomic E-state index is 0.184. The van der Waals surface area contributed by atoms with Crippen molar-refractivity contribution in [3.8, 4) is 0 Å². The maximum absolute atomic E-state index is 12.4. The SMILES string of the molecule is CSCCN(C)S(=O)(=O)c1[nH]ncc1CNC(C)C. The molecule has 1 rings (SSSR count). The molecule has 110 valence electrons. The average molecular weight is 306 g/mol. The number of H-pyrrole nitrogens is 1. The third-order valence-electron chi connectivity index (χ3n) is 2.66. The maximum atomic E-state index is 12.4. The van der Waals surface area contributed by atoms with Crippen LogP contribution in [0.5, 0.6) is 0 Å². The second kappa shape index (κ2) is 7.28. The molecule has 0 bridgehead atoms. The Hall–Kier alpha value is -0.570. The molecule has 0 atom stereocenters. The van der Waals surface area contributed by atoms with E-state index in [1.54, 1.807) is 25.0 Å². The summed E-state index contributed by atoms with van der Waals surface area (Å²) < 4.78 is 26.1. The van der Waals surface area contributed by atoms with Gasteiger partial charge in [0.1, 0.15) is 0 Å². The van der Waals surface area contributed by atoms with E-state index in [1.165, 1.54) is 4.31 Å². The van der Waals surface area contributed by atoms with Gasteiger partial charge in [-0.15, -0.1) is 0 Å². The van der Waals surface area contributed by atoms with E-state index >= 15 is 0 Å². The average Bonchev–Trinajstić information content (AvgIpc) is 2.82. The van der Waals surface area contributed by atoms with Crippen LogP contribution in [0.25, 0.3) is 0 Å². The van der Waals surface area contributed by atoms with Crippen LogP contribution in [0.4, 0.5) is 0 Å². The molecule has 19 heavy (non-hydrogen) atoms. The zero-order valence-corrected chi connectivity index (χ0v) is 13.4. The van der Waals surface area contributed by atoms with Crippen molar-refractivity contribution in [3.05, 3.63) is 11.8 Å². The quantitative estimate of drug-likeness (QED) is 0.746. The highest BCUT2D eigenvalue weighted by Crippen LogP contribution is 2.16. The summed E-state index contributed by atoms with van der Waals surface area (Å²) in [6, 6.07) is 0.291. The normalized spacial score (nSPS) is 12.5. The van der Waals surface area contributed by atoms with Gasteiger partial charge in [-0.2, -0.15) is 21.2 Å². The lowest BCUT2D eigenvalue weighted by atomic mass is 10.3. The molecule has 0 aliphatic carbocycles. The molecule has 1 aromatic heterocycles. The Bertz CT molecular complexity index is 485. The fourth-order valence-electron chi connectivity index (χ4n) is 1.46. The summed E-state index contributed by atoms with van der Waals surface area (Å²) in [6.07, 6.45) is 3.51. The van der Waals surface area contributed by atoms with E-state index in [9.17, 15) is 8.42 Å². The second-order valence-corrected chi connectivity index (χ2v) is 7.55. The number of rotatable bonds is 8. The molecule has 0 saturated carbocycles. The van der Waals surface area contributed by atoms with Crippen LogP contribution in [0.15, 0.2) is 11.2 Å². The van der Waals surface area contributed by atoms with E-state index < -0.39 is 10.0 Å². The summed E-state index contributed by atoms with van der Waals surface area (Å²) in [7, 11) is -1.90. The number of aromatic amines is 1. The van der Waals surface area contributed by atoms with Crippen LogP contribution in [-0.2, 0) is 16.6 Å². The highest BCUT2D eigenvalue weighted by atomic mass is 32.2. The van der Waals surface area contributed by atoms with Crippen LogP contribution in [0.2, 0.25) is 0 Å². The van der Waals surface area contributed by atoms with Gasteiger partial charge >= 0.3 is 0 Å². The van der Waals surface area contributed by atoms with Gasteiger partial charge < -0.3 is 5.32 Å². The summed E-state index contributed by atoms with van der Waals surface area (Å²) in [5.41, 5.74) is 0.671. The molecule has 6 nitrogen and oxygen atoms in total. The Labute approximate surface area is 119 Å². The molecule has 1 heterocycles. The third kappa shape index (κ3) is 4.48. The highest BCUT2D eigenvalue weighted by Gasteiger charge is 2.25. The molecule has 0 amide bonds. The van der Waals surface area contributed by atoms with Gasteiger partial charge in [-0.25, -0.2) is 8.42 Å². The van der Waals surface area contributed by atoms with E-state index in [2.05, 4.69) is 15.5 Å². The Balaban J connectivity index is 2.86. The standard InChI is InChI=1S/C11H22N4O2S2/c1-9(2)12-7-10-8-13-14-11(10)19(16,17)15(3)5-6-18-4/h8-9,12H,5-7H2,1-4H3,(H,13,14). The number of nitrogens with one attached hydrogen (secondary N) is 2. The first-order valence-electron chi connectivity index (χ1n) is 6.10. The predicted octanol–water partition coefficient (Wildman–Crippen LogP) is 0.891. The molecule has 0 unspecified atom stereocenters. The van der Waals surface area contributed by atoms with Gasteiger partial charge in [0.2, 0.25) is 0 Å². The summed E-state index contributed by atoms with van der Waals surface area (Å²) in [6.45, 7) is 5.00. The highest BCUT2D eigenvalue weighted by molar-refractivity contribution is 7.98. The number of aromatic nitrogens is 2. The Morgan fingerprint density at radius 1 is 1.53 bits per heavy atom. The first-order valence-corrected chi connectivity index (χ1v) is 8.94. The van der Waals surface area contributed by atoms with E-state index in [4.69, 9.17) is 0 Å². The summed E-state index contributed by atoms with van der Waals surface area (Å²) >= 11 is 1.62. The summed E-state index contributed by atoms with van der Waals surface area (Å²) in [4.78, 5) is 0. The Morgan fingerprint density at radius 3 is 2.79 bits per heavy atom. The van der Waals surface area contributed by atoms with E-state index in [0.29, 0.717) is 24.7 Å². The molecule has 0 fully saturated rings. The third-order valence-corrected chi connectivity index (χ3v) is 5.12. The van der Waals surface area contributed by atoms with Crippen LogP contribution in [-0.4, -0.2) is 54.6 Å². The summed E-state index contributed by atoms with van der Waals surface area (Å²) in [5, 5.41) is 9.83. The largest absolute Gasteiger partial charge is 0.310 e. The molecule has 8 heteroatoms. The number of hydrogen-bond donors (Lipinski definition) is 2. The van der Waals surface area contributed by atoms with Crippen LogP contribution in [0.1, 0.15) is 19.4 Å². The van der Waals surface area contributed by atoms with Crippen molar-refractivity contribution in [2.75, 3.05) is 25.6 Å². The van der Waals surface area contributed by atoms with Crippen molar-refractivity contribution in [1.29, 1.82) is 0 Å². The van der Waals surface area contributed by atoms with Crippen molar-refractivity contribution < 1.29 is 8.42 Å². The van der Waals surface area contributed by atoms with Crippen LogP contribution in [0.3, 0.4) is 0 Å². The first kappa shape index (κ1) is 16.5. The van der Waals surface area contributed by atoms with Crippen LogP contribution in [0, 0.1) is 0 Å². The smallest absolute Gasteiger partial charge is 0.260 e. The van der Waals surface area contributed by atoms with Gasteiger partial charge in [-0.3, -0.25) is 5.10 Å². The van der Waals surface area contributed by atoms with Crippen molar-refractivity contribution in [2.45, 2.75) is 31.5 Å². The monoisotopic (exact) mass is 306 g/mol. The molecule has 0 aromatic carbocycles. The molecule has 0 spiro atoms. The zero-order chi connectivity index (χ0) is 14.5. The van der Waals surface area contributed by atoms with Gasteiger partial charge in [-0.1, -0.05) is 13.8 Å². The fourth-order valence-corrected chi connectivity index (χ4v) is 3.30. The van der Waals surface area contributed by atoms with E-state index in [-0.39, 0.29) is 5.03 Å². The van der Waals surface area contributed by atoms with Crippen LogP contribution < -0.4 is 5.32 Å². The van der Waals surface area contributed by atoms with Crippen LogP contribution >= 0.6 is 11.8 Å². The Kier molecular flexibility index (Phi) is 6.31. The summed E-state index contributed by atoms with van der Waals surface area (Å²) in [5.74, 6) is 0.767. The fraction of sp³-hybridized carbons (Fsp3) is 0.727. The molecule has 0 aliphatic rings. The van der Waals surface area contributed by atoms with Crippen molar-refractivity contribution in [3.63, 3.8) is 0 Å². The molecule has 1 aromatic rings. The maximum Gasteiger partial charge on any atom is 0.260 e. The molecule has 0 radical (unpaired) electrons. The molecule has 2 N–H and O–H groups in total.